The molecular weight excluding hydrogens is 300 g/mol. The Kier molecular flexibility index (Phi) is 3.60. The van der Waals surface area contributed by atoms with E-state index in [9.17, 15) is 0 Å². The zero-order chi connectivity index (χ0) is 17.0. The van der Waals surface area contributed by atoms with Crippen LogP contribution in [0, 0.1) is 19.8 Å². The standard InChI is InChI=1S/C18H26N6/c1-6-12-8-23(5)9-13-15(12)24(13)18-21-16(19-4)14-10(2)7-11(3)20-17(14)22-18/h7,12-13,15H,6,8-9H2,1-5H3,(H,19,20,21,22). The SMILES string of the molecule is CCC1CN(C)CC2C1N2c1nc(NC)c2c(C)cc(C)nc2n1. The second kappa shape index (κ2) is 5.55. The highest BCUT2D eigenvalue weighted by Gasteiger charge is 2.55. The third kappa shape index (κ3) is 2.32. The molecule has 4 heterocycles. The average Bonchev–Trinajstić information content (AvgIpc) is 3.26. The third-order valence-electron chi connectivity index (χ3n) is 5.48. The lowest BCUT2D eigenvalue weighted by Crippen LogP contribution is -2.37. The van der Waals surface area contributed by atoms with Crippen LogP contribution in [0.3, 0.4) is 0 Å². The van der Waals surface area contributed by atoms with E-state index in [0.29, 0.717) is 18.0 Å². The Morgan fingerprint density at radius 3 is 2.71 bits per heavy atom. The minimum Gasteiger partial charge on any atom is -0.372 e. The van der Waals surface area contributed by atoms with Crippen LogP contribution in [0.2, 0.25) is 0 Å². The van der Waals surface area contributed by atoms with Crippen LogP contribution < -0.4 is 10.2 Å². The molecule has 24 heavy (non-hydrogen) atoms. The fourth-order valence-electron chi connectivity index (χ4n) is 4.35. The Labute approximate surface area is 143 Å². The van der Waals surface area contributed by atoms with Crippen molar-refractivity contribution in [3.63, 3.8) is 0 Å². The molecule has 2 saturated heterocycles. The summed E-state index contributed by atoms with van der Waals surface area (Å²) >= 11 is 0. The smallest absolute Gasteiger partial charge is 0.230 e. The molecule has 0 aromatic carbocycles. The first kappa shape index (κ1) is 15.6. The molecule has 3 unspecified atom stereocenters. The van der Waals surface area contributed by atoms with Gasteiger partial charge in [-0.2, -0.15) is 9.97 Å². The van der Waals surface area contributed by atoms with Gasteiger partial charge in [0, 0.05) is 25.8 Å². The van der Waals surface area contributed by atoms with Gasteiger partial charge in [0.2, 0.25) is 5.95 Å². The van der Waals surface area contributed by atoms with Crippen LogP contribution in [0.15, 0.2) is 6.07 Å². The summed E-state index contributed by atoms with van der Waals surface area (Å²) in [7, 11) is 4.13. The molecule has 0 saturated carbocycles. The van der Waals surface area contributed by atoms with Gasteiger partial charge in [-0.15, -0.1) is 0 Å². The summed E-state index contributed by atoms with van der Waals surface area (Å²) in [6.07, 6.45) is 1.20. The van der Waals surface area contributed by atoms with Gasteiger partial charge >= 0.3 is 0 Å². The van der Waals surface area contributed by atoms with Gasteiger partial charge in [0.15, 0.2) is 5.65 Å². The molecule has 6 nitrogen and oxygen atoms in total. The summed E-state index contributed by atoms with van der Waals surface area (Å²) in [5.41, 5.74) is 2.97. The van der Waals surface area contributed by atoms with Gasteiger partial charge in [-0.05, 0) is 38.4 Å². The number of hydrogen-bond donors (Lipinski definition) is 1. The van der Waals surface area contributed by atoms with Gasteiger partial charge < -0.3 is 15.1 Å². The first-order valence-corrected chi connectivity index (χ1v) is 8.84. The molecule has 128 valence electrons. The molecule has 0 aliphatic carbocycles. The number of piperidine rings is 1. The zero-order valence-electron chi connectivity index (χ0n) is 15.2. The quantitative estimate of drug-likeness (QED) is 0.873. The summed E-state index contributed by atoms with van der Waals surface area (Å²) in [6, 6.07) is 3.21. The Hall–Kier alpha value is -1.95. The largest absolute Gasteiger partial charge is 0.372 e. The van der Waals surface area contributed by atoms with Crippen LogP contribution in [0.5, 0.6) is 0 Å². The highest BCUT2D eigenvalue weighted by Crippen LogP contribution is 2.43. The van der Waals surface area contributed by atoms with Crippen molar-refractivity contribution in [3.8, 4) is 0 Å². The summed E-state index contributed by atoms with van der Waals surface area (Å²) < 4.78 is 0. The van der Waals surface area contributed by atoms with Gasteiger partial charge in [0.25, 0.3) is 0 Å². The molecule has 1 N–H and O–H groups in total. The number of fused-ring (bicyclic) bond motifs is 2. The molecule has 0 amide bonds. The Morgan fingerprint density at radius 2 is 2.00 bits per heavy atom. The normalized spacial score (nSPS) is 26.5. The fourth-order valence-corrected chi connectivity index (χ4v) is 4.35. The highest BCUT2D eigenvalue weighted by molar-refractivity contribution is 5.90. The molecule has 2 fully saturated rings. The Balaban J connectivity index is 1.78. The predicted octanol–water partition coefficient (Wildman–Crippen LogP) is 2.21. The van der Waals surface area contributed by atoms with E-state index in [1.54, 1.807) is 0 Å². The maximum absolute atomic E-state index is 4.84. The molecule has 3 atom stereocenters. The lowest BCUT2D eigenvalue weighted by atomic mass is 9.96. The molecule has 6 heteroatoms. The number of likely N-dealkylation sites (N-methyl/N-ethyl adjacent to an activating group) is 1. The summed E-state index contributed by atoms with van der Waals surface area (Å²) in [6.45, 7) is 8.66. The van der Waals surface area contributed by atoms with Crippen LogP contribution in [-0.4, -0.2) is 59.1 Å². The Morgan fingerprint density at radius 1 is 1.21 bits per heavy atom. The molecule has 2 aromatic heterocycles. The number of aromatic nitrogens is 3. The van der Waals surface area contributed by atoms with Crippen LogP contribution in [-0.2, 0) is 0 Å². The van der Waals surface area contributed by atoms with Crippen molar-refractivity contribution in [1.82, 2.24) is 19.9 Å². The first-order valence-electron chi connectivity index (χ1n) is 8.84. The number of rotatable bonds is 3. The molecule has 2 aromatic rings. The van der Waals surface area contributed by atoms with E-state index in [-0.39, 0.29) is 0 Å². The average molecular weight is 326 g/mol. The third-order valence-corrected chi connectivity index (χ3v) is 5.48. The van der Waals surface area contributed by atoms with Gasteiger partial charge in [-0.25, -0.2) is 4.98 Å². The molecule has 0 radical (unpaired) electrons. The topological polar surface area (TPSA) is 57.0 Å². The molecule has 4 rings (SSSR count). The monoisotopic (exact) mass is 326 g/mol. The van der Waals surface area contributed by atoms with Crippen LogP contribution in [0.25, 0.3) is 11.0 Å². The number of likely N-dealkylation sites (tertiary alicyclic amines) is 1. The summed E-state index contributed by atoms with van der Waals surface area (Å²) in [5.74, 6) is 2.40. The molecular formula is C18H26N6. The second-order valence-corrected chi connectivity index (χ2v) is 7.26. The fraction of sp³-hybridized carbons (Fsp3) is 0.611. The maximum Gasteiger partial charge on any atom is 0.230 e. The molecule has 2 aliphatic heterocycles. The lowest BCUT2D eigenvalue weighted by molar-refractivity contribution is 0.237. The van der Waals surface area contributed by atoms with E-state index in [0.717, 1.165) is 41.6 Å². The summed E-state index contributed by atoms with van der Waals surface area (Å²) in [5, 5.41) is 4.27. The van der Waals surface area contributed by atoms with E-state index < -0.39 is 0 Å². The van der Waals surface area contributed by atoms with Crippen molar-refractivity contribution < 1.29 is 0 Å². The van der Waals surface area contributed by atoms with E-state index in [1.165, 1.54) is 12.0 Å². The number of aryl methyl sites for hydroxylation is 2. The number of nitrogens with zero attached hydrogens (tertiary/aromatic N) is 5. The van der Waals surface area contributed by atoms with Gasteiger partial charge in [0.05, 0.1) is 17.5 Å². The van der Waals surface area contributed by atoms with Crippen molar-refractivity contribution in [2.24, 2.45) is 5.92 Å². The highest BCUT2D eigenvalue weighted by atomic mass is 15.5. The van der Waals surface area contributed by atoms with E-state index >= 15 is 0 Å². The maximum atomic E-state index is 4.84. The van der Waals surface area contributed by atoms with Crippen molar-refractivity contribution in [2.75, 3.05) is 37.4 Å². The minimum atomic E-state index is 0.543. The van der Waals surface area contributed by atoms with Crippen LogP contribution in [0.1, 0.15) is 24.6 Å². The van der Waals surface area contributed by atoms with Gasteiger partial charge in [-0.1, -0.05) is 13.3 Å². The van der Waals surface area contributed by atoms with Crippen molar-refractivity contribution in [3.05, 3.63) is 17.3 Å². The van der Waals surface area contributed by atoms with E-state index in [4.69, 9.17) is 9.97 Å². The van der Waals surface area contributed by atoms with Crippen LogP contribution in [0.4, 0.5) is 11.8 Å². The predicted molar refractivity (Wildman–Crippen MR) is 97.7 cm³/mol. The van der Waals surface area contributed by atoms with Gasteiger partial charge in [0.1, 0.15) is 5.82 Å². The van der Waals surface area contributed by atoms with Crippen molar-refractivity contribution in [2.45, 2.75) is 39.3 Å². The number of pyridine rings is 1. The van der Waals surface area contributed by atoms with Crippen molar-refractivity contribution in [1.29, 1.82) is 0 Å². The van der Waals surface area contributed by atoms with Crippen LogP contribution >= 0.6 is 0 Å². The number of nitrogens with one attached hydrogen (secondary N) is 1. The molecule has 0 spiro atoms. The van der Waals surface area contributed by atoms with E-state index in [1.807, 2.05) is 14.0 Å². The number of anilines is 2. The second-order valence-electron chi connectivity index (χ2n) is 7.26. The van der Waals surface area contributed by atoms with Gasteiger partial charge in [-0.3, -0.25) is 0 Å². The van der Waals surface area contributed by atoms with Crippen molar-refractivity contribution >= 4 is 22.8 Å². The van der Waals surface area contributed by atoms with E-state index in [2.05, 4.69) is 47.1 Å². The first-order chi connectivity index (χ1) is 11.5. The number of hydrogen-bond acceptors (Lipinski definition) is 6. The Bertz CT molecular complexity index is 789. The lowest BCUT2D eigenvalue weighted by Gasteiger charge is -2.26. The minimum absolute atomic E-state index is 0.543. The zero-order valence-corrected chi connectivity index (χ0v) is 15.2. The summed E-state index contributed by atoms with van der Waals surface area (Å²) in [4.78, 5) is 19.2. The molecule has 2 aliphatic rings. The molecule has 0 bridgehead atoms.